The molecule has 0 radical (unpaired) electrons. The molecule has 1 unspecified atom stereocenters. The van der Waals surface area contributed by atoms with E-state index in [0.717, 1.165) is 5.56 Å². The Morgan fingerprint density at radius 2 is 1.78 bits per heavy atom. The van der Waals surface area contributed by atoms with Crippen molar-refractivity contribution in [1.29, 1.82) is 0 Å². The number of nitrogens with zero attached hydrogens (tertiary/aromatic N) is 1. The molecule has 2 rings (SSSR count). The van der Waals surface area contributed by atoms with Gasteiger partial charge in [0.15, 0.2) is 0 Å². The highest BCUT2D eigenvalue weighted by atomic mass is 19.1. The van der Waals surface area contributed by atoms with Crippen LogP contribution in [-0.4, -0.2) is 23.3 Å². The Bertz CT molecular complexity index is 762. The first-order valence-electron chi connectivity index (χ1n) is 9.28. The number of halogens is 1. The summed E-state index contributed by atoms with van der Waals surface area (Å²) in [5, 5.41) is 2.87. The van der Waals surface area contributed by atoms with Gasteiger partial charge in [0.25, 0.3) is 0 Å². The smallest absolute Gasteiger partial charge is 0.250 e. The molecule has 144 valence electrons. The van der Waals surface area contributed by atoms with Crippen molar-refractivity contribution in [1.82, 2.24) is 10.2 Å². The molecule has 5 heteroatoms. The maximum atomic E-state index is 13.5. The van der Waals surface area contributed by atoms with Crippen molar-refractivity contribution in [3.8, 4) is 0 Å². The summed E-state index contributed by atoms with van der Waals surface area (Å²) in [6, 6.07) is 14.7. The summed E-state index contributed by atoms with van der Waals surface area (Å²) >= 11 is 0. The normalized spacial score (nSPS) is 11.9. The number of hydrogen-bond acceptors (Lipinski definition) is 2. The summed E-state index contributed by atoms with van der Waals surface area (Å²) in [5.41, 5.74) is 1.45. The van der Waals surface area contributed by atoms with Gasteiger partial charge in [0.2, 0.25) is 11.8 Å². The summed E-state index contributed by atoms with van der Waals surface area (Å²) in [5.74, 6) is -0.494. The molecule has 27 heavy (non-hydrogen) atoms. The SMILES string of the molecule is CCN(Cc1cccc(F)c1)C(=O)C(NC(=O)CC(C)C)c1ccccc1. The van der Waals surface area contributed by atoms with Gasteiger partial charge < -0.3 is 10.2 Å². The maximum absolute atomic E-state index is 13.5. The van der Waals surface area contributed by atoms with Crippen LogP contribution in [0.25, 0.3) is 0 Å². The zero-order chi connectivity index (χ0) is 19.8. The molecule has 2 aromatic rings. The Hall–Kier alpha value is -2.69. The van der Waals surface area contributed by atoms with Crippen LogP contribution in [0.3, 0.4) is 0 Å². The fourth-order valence-corrected chi connectivity index (χ4v) is 2.91. The lowest BCUT2D eigenvalue weighted by Crippen LogP contribution is -2.42. The fourth-order valence-electron chi connectivity index (χ4n) is 2.91. The molecule has 0 aliphatic rings. The summed E-state index contributed by atoms with van der Waals surface area (Å²) in [7, 11) is 0. The number of carbonyl (C=O) groups is 2. The Kier molecular flexibility index (Phi) is 7.53. The molecule has 0 saturated carbocycles. The van der Waals surface area contributed by atoms with Gasteiger partial charge in [0.1, 0.15) is 11.9 Å². The summed E-state index contributed by atoms with van der Waals surface area (Å²) in [6.07, 6.45) is 0.354. The second kappa shape index (κ2) is 9.86. The van der Waals surface area contributed by atoms with Crippen LogP contribution in [-0.2, 0) is 16.1 Å². The quantitative estimate of drug-likeness (QED) is 0.761. The zero-order valence-electron chi connectivity index (χ0n) is 16.1. The molecule has 1 atom stereocenters. The molecule has 0 fully saturated rings. The van der Waals surface area contributed by atoms with Crippen molar-refractivity contribution in [2.24, 2.45) is 5.92 Å². The van der Waals surface area contributed by atoms with Crippen molar-refractivity contribution in [2.75, 3.05) is 6.54 Å². The molecule has 2 amide bonds. The number of hydrogen-bond donors (Lipinski definition) is 1. The number of benzene rings is 2. The van der Waals surface area contributed by atoms with E-state index < -0.39 is 6.04 Å². The number of rotatable bonds is 8. The average Bonchev–Trinajstić information content (AvgIpc) is 2.64. The van der Waals surface area contributed by atoms with E-state index in [4.69, 9.17) is 0 Å². The Morgan fingerprint density at radius 1 is 1.07 bits per heavy atom. The summed E-state index contributed by atoms with van der Waals surface area (Å²) in [4.78, 5) is 27.2. The molecule has 0 spiro atoms. The Morgan fingerprint density at radius 3 is 2.37 bits per heavy atom. The van der Waals surface area contributed by atoms with Crippen LogP contribution in [0.15, 0.2) is 54.6 Å². The van der Waals surface area contributed by atoms with Crippen LogP contribution < -0.4 is 5.32 Å². The first-order valence-corrected chi connectivity index (χ1v) is 9.28. The lowest BCUT2D eigenvalue weighted by atomic mass is 10.0. The Balaban J connectivity index is 2.23. The molecule has 0 aliphatic heterocycles. The van der Waals surface area contributed by atoms with Crippen LogP contribution in [0.4, 0.5) is 4.39 Å². The Labute approximate surface area is 160 Å². The fraction of sp³-hybridized carbons (Fsp3) is 0.364. The van der Waals surface area contributed by atoms with Gasteiger partial charge in [-0.3, -0.25) is 9.59 Å². The minimum absolute atomic E-state index is 0.158. The standard InChI is InChI=1S/C22H27FN2O2/c1-4-25(15-17-9-8-12-19(23)14-17)22(27)21(18-10-6-5-7-11-18)24-20(26)13-16(2)3/h5-12,14,16,21H,4,13,15H2,1-3H3,(H,24,26). The van der Waals surface area contributed by atoms with Crippen LogP contribution >= 0.6 is 0 Å². The van der Waals surface area contributed by atoms with Crippen molar-refractivity contribution in [3.05, 3.63) is 71.5 Å². The molecule has 2 aromatic carbocycles. The van der Waals surface area contributed by atoms with Gasteiger partial charge in [0.05, 0.1) is 0 Å². The molecule has 0 heterocycles. The second-order valence-corrected chi connectivity index (χ2v) is 6.99. The average molecular weight is 370 g/mol. The number of likely N-dealkylation sites (N-methyl/N-ethyl adjacent to an activating group) is 1. The third-order valence-electron chi connectivity index (χ3n) is 4.23. The molecule has 4 nitrogen and oxygen atoms in total. The lowest BCUT2D eigenvalue weighted by Gasteiger charge is -2.27. The van der Waals surface area contributed by atoms with Gasteiger partial charge in [0, 0.05) is 19.5 Å². The number of nitrogens with one attached hydrogen (secondary N) is 1. The van der Waals surface area contributed by atoms with Gasteiger partial charge >= 0.3 is 0 Å². The monoisotopic (exact) mass is 370 g/mol. The van der Waals surface area contributed by atoms with E-state index in [-0.39, 0.29) is 30.1 Å². The highest BCUT2D eigenvalue weighted by molar-refractivity contribution is 5.88. The number of carbonyl (C=O) groups excluding carboxylic acids is 2. The van der Waals surface area contributed by atoms with Crippen LogP contribution in [0, 0.1) is 11.7 Å². The highest BCUT2D eigenvalue weighted by Gasteiger charge is 2.27. The zero-order valence-corrected chi connectivity index (χ0v) is 16.1. The van der Waals surface area contributed by atoms with Crippen molar-refractivity contribution in [2.45, 2.75) is 39.8 Å². The van der Waals surface area contributed by atoms with E-state index in [1.165, 1.54) is 12.1 Å². The topological polar surface area (TPSA) is 49.4 Å². The molecule has 1 N–H and O–H groups in total. The van der Waals surface area contributed by atoms with Crippen LogP contribution in [0.1, 0.15) is 44.4 Å². The van der Waals surface area contributed by atoms with E-state index in [2.05, 4.69) is 5.32 Å². The van der Waals surface area contributed by atoms with Crippen LogP contribution in [0.2, 0.25) is 0 Å². The molecule has 0 bridgehead atoms. The van der Waals surface area contributed by atoms with Gasteiger partial charge in [-0.2, -0.15) is 0 Å². The third kappa shape index (κ3) is 6.20. The van der Waals surface area contributed by atoms with Crippen molar-refractivity contribution < 1.29 is 14.0 Å². The molecular formula is C22H27FN2O2. The molecule has 0 aliphatic carbocycles. The van der Waals surface area contributed by atoms with E-state index >= 15 is 0 Å². The first kappa shape index (κ1) is 20.6. The maximum Gasteiger partial charge on any atom is 0.250 e. The highest BCUT2D eigenvalue weighted by Crippen LogP contribution is 2.19. The van der Waals surface area contributed by atoms with Gasteiger partial charge in [-0.1, -0.05) is 56.3 Å². The van der Waals surface area contributed by atoms with E-state index in [0.29, 0.717) is 18.5 Å². The summed E-state index contributed by atoms with van der Waals surface area (Å²) < 4.78 is 13.5. The van der Waals surface area contributed by atoms with Gasteiger partial charge in [-0.25, -0.2) is 4.39 Å². The van der Waals surface area contributed by atoms with Gasteiger partial charge in [-0.15, -0.1) is 0 Å². The molecule has 0 saturated heterocycles. The molecule has 0 aromatic heterocycles. The largest absolute Gasteiger partial charge is 0.341 e. The minimum atomic E-state index is -0.758. The summed E-state index contributed by atoms with van der Waals surface area (Å²) in [6.45, 7) is 6.53. The molecular weight excluding hydrogens is 343 g/mol. The second-order valence-electron chi connectivity index (χ2n) is 6.99. The first-order chi connectivity index (χ1) is 12.9. The third-order valence-corrected chi connectivity index (χ3v) is 4.23. The van der Waals surface area contributed by atoms with Crippen molar-refractivity contribution >= 4 is 11.8 Å². The van der Waals surface area contributed by atoms with E-state index in [1.54, 1.807) is 17.0 Å². The number of amides is 2. The van der Waals surface area contributed by atoms with E-state index in [1.807, 2.05) is 51.1 Å². The predicted molar refractivity (Wildman–Crippen MR) is 104 cm³/mol. The van der Waals surface area contributed by atoms with Gasteiger partial charge in [-0.05, 0) is 36.1 Å². The van der Waals surface area contributed by atoms with Crippen molar-refractivity contribution in [3.63, 3.8) is 0 Å². The van der Waals surface area contributed by atoms with E-state index in [9.17, 15) is 14.0 Å². The van der Waals surface area contributed by atoms with Crippen LogP contribution in [0.5, 0.6) is 0 Å². The minimum Gasteiger partial charge on any atom is -0.341 e. The lowest BCUT2D eigenvalue weighted by molar-refractivity contribution is -0.137. The predicted octanol–water partition coefficient (Wildman–Crippen LogP) is 4.08.